The van der Waals surface area contributed by atoms with Crippen molar-refractivity contribution in [3.63, 3.8) is 0 Å². The van der Waals surface area contributed by atoms with Crippen LogP contribution in [-0.2, 0) is 7.05 Å². The average Bonchev–Trinajstić information content (AvgIpc) is 2.54. The topological polar surface area (TPSA) is 25.2 Å². The van der Waals surface area contributed by atoms with Gasteiger partial charge in [0.2, 0.25) is 0 Å². The maximum Gasteiger partial charge on any atom is 0.270 e. The van der Waals surface area contributed by atoms with Crippen molar-refractivity contribution in [2.24, 2.45) is 18.4 Å². The first-order chi connectivity index (χ1) is 7.49. The molecule has 2 unspecified atom stereocenters. The summed E-state index contributed by atoms with van der Waals surface area (Å²) in [6.45, 7) is 4.08. The van der Waals surface area contributed by atoms with Gasteiger partial charge < -0.3 is 9.47 Å². The van der Waals surface area contributed by atoms with E-state index in [1.807, 2.05) is 11.9 Å². The van der Waals surface area contributed by atoms with Gasteiger partial charge in [0.05, 0.1) is 5.02 Å². The molecule has 1 aliphatic heterocycles. The van der Waals surface area contributed by atoms with Crippen LogP contribution >= 0.6 is 11.6 Å². The lowest BCUT2D eigenvalue weighted by molar-refractivity contribution is 0.0757. The summed E-state index contributed by atoms with van der Waals surface area (Å²) in [5.74, 6) is 0.843. The third kappa shape index (κ3) is 1.38. The lowest BCUT2D eigenvalue weighted by Gasteiger charge is -2.19. The Morgan fingerprint density at radius 3 is 2.88 bits per heavy atom. The molecule has 1 aromatic rings. The normalized spacial score (nSPS) is 31.7. The van der Waals surface area contributed by atoms with Gasteiger partial charge in [0.15, 0.2) is 0 Å². The highest BCUT2D eigenvalue weighted by molar-refractivity contribution is 6.31. The molecule has 4 heteroatoms. The Hall–Kier alpha value is -0.960. The summed E-state index contributed by atoms with van der Waals surface area (Å²) in [5, 5.41) is 0.626. The number of aromatic nitrogens is 1. The molecule has 0 spiro atoms. The van der Waals surface area contributed by atoms with Crippen molar-refractivity contribution < 1.29 is 4.79 Å². The molecule has 3 nitrogen and oxygen atoms in total. The third-order valence-electron chi connectivity index (χ3n) is 4.01. The van der Waals surface area contributed by atoms with Crippen LogP contribution in [0, 0.1) is 11.3 Å². The summed E-state index contributed by atoms with van der Waals surface area (Å²) in [6, 6.07) is 1.75. The van der Waals surface area contributed by atoms with Gasteiger partial charge in [-0.05, 0) is 23.8 Å². The van der Waals surface area contributed by atoms with E-state index in [-0.39, 0.29) is 5.91 Å². The number of hydrogen-bond donors (Lipinski definition) is 0. The highest BCUT2D eigenvalue weighted by Crippen LogP contribution is 2.57. The Kier molecular flexibility index (Phi) is 1.94. The van der Waals surface area contributed by atoms with Crippen molar-refractivity contribution in [3.8, 4) is 0 Å². The molecular formula is C12H15ClN2O. The average molecular weight is 239 g/mol. The van der Waals surface area contributed by atoms with Crippen molar-refractivity contribution in [3.05, 3.63) is 23.0 Å². The number of likely N-dealkylation sites (tertiary alicyclic amines) is 1. The molecular weight excluding hydrogens is 224 g/mol. The number of fused-ring (bicyclic) bond motifs is 1. The van der Waals surface area contributed by atoms with Gasteiger partial charge in [0.1, 0.15) is 5.69 Å². The molecule has 0 N–H and O–H groups in total. The second-order valence-electron chi connectivity index (χ2n) is 5.40. The van der Waals surface area contributed by atoms with Crippen molar-refractivity contribution in [2.45, 2.75) is 13.3 Å². The molecule has 2 heterocycles. The first-order valence-corrected chi connectivity index (χ1v) is 5.98. The van der Waals surface area contributed by atoms with E-state index in [2.05, 4.69) is 6.92 Å². The van der Waals surface area contributed by atoms with E-state index in [9.17, 15) is 4.79 Å². The monoisotopic (exact) mass is 238 g/mol. The largest absolute Gasteiger partial charge is 0.345 e. The van der Waals surface area contributed by atoms with E-state index in [0.717, 1.165) is 19.0 Å². The highest BCUT2D eigenvalue weighted by Gasteiger charge is 2.57. The Bertz CT molecular complexity index is 468. The number of carbonyl (C=O) groups excluding carboxylic acids is 1. The van der Waals surface area contributed by atoms with E-state index in [4.69, 9.17) is 11.6 Å². The van der Waals surface area contributed by atoms with Crippen LogP contribution in [0.1, 0.15) is 23.8 Å². The van der Waals surface area contributed by atoms with Gasteiger partial charge in [0.25, 0.3) is 5.91 Å². The van der Waals surface area contributed by atoms with Gasteiger partial charge in [-0.25, -0.2) is 0 Å². The Morgan fingerprint density at radius 2 is 2.38 bits per heavy atom. The molecule has 1 amide bonds. The Labute approximate surface area is 100.0 Å². The number of carbonyl (C=O) groups is 1. The number of halogens is 1. The van der Waals surface area contributed by atoms with E-state index in [1.165, 1.54) is 6.42 Å². The lowest BCUT2D eigenvalue weighted by atomic mass is 10.1. The van der Waals surface area contributed by atoms with E-state index >= 15 is 0 Å². The molecule has 1 saturated carbocycles. The number of nitrogens with zero attached hydrogens (tertiary/aromatic N) is 2. The molecule has 2 aliphatic rings. The minimum absolute atomic E-state index is 0.114. The molecule has 0 aromatic carbocycles. The van der Waals surface area contributed by atoms with Crippen molar-refractivity contribution in [2.75, 3.05) is 13.1 Å². The quantitative estimate of drug-likeness (QED) is 0.736. The summed E-state index contributed by atoms with van der Waals surface area (Å²) in [6.07, 6.45) is 3.05. The molecule has 1 aliphatic carbocycles. The first-order valence-electron chi connectivity index (χ1n) is 5.61. The summed E-state index contributed by atoms with van der Waals surface area (Å²) in [4.78, 5) is 14.2. The van der Waals surface area contributed by atoms with Crippen LogP contribution < -0.4 is 0 Å². The second-order valence-corrected chi connectivity index (χ2v) is 5.83. The minimum atomic E-state index is 0.114. The van der Waals surface area contributed by atoms with Crippen molar-refractivity contribution in [1.82, 2.24) is 9.47 Å². The molecule has 3 rings (SSSR count). The molecule has 2 fully saturated rings. The van der Waals surface area contributed by atoms with Crippen LogP contribution in [0.4, 0.5) is 0 Å². The fourth-order valence-corrected chi connectivity index (χ4v) is 3.05. The van der Waals surface area contributed by atoms with E-state index in [0.29, 0.717) is 16.1 Å². The zero-order valence-corrected chi connectivity index (χ0v) is 10.3. The van der Waals surface area contributed by atoms with Crippen LogP contribution in [0.2, 0.25) is 5.02 Å². The van der Waals surface area contributed by atoms with Crippen LogP contribution in [0.25, 0.3) is 0 Å². The predicted molar refractivity (Wildman–Crippen MR) is 62.5 cm³/mol. The zero-order valence-electron chi connectivity index (χ0n) is 9.53. The van der Waals surface area contributed by atoms with Gasteiger partial charge in [-0.3, -0.25) is 4.79 Å². The Balaban J connectivity index is 1.81. The maximum absolute atomic E-state index is 12.2. The summed E-state index contributed by atoms with van der Waals surface area (Å²) >= 11 is 5.89. The number of piperidine rings is 1. The summed E-state index contributed by atoms with van der Waals surface area (Å²) < 4.78 is 1.80. The van der Waals surface area contributed by atoms with Crippen molar-refractivity contribution >= 4 is 17.5 Å². The first kappa shape index (κ1) is 10.2. The molecule has 16 heavy (non-hydrogen) atoms. The number of rotatable bonds is 1. The number of amides is 1. The lowest BCUT2D eigenvalue weighted by Crippen LogP contribution is -2.32. The van der Waals surface area contributed by atoms with Gasteiger partial charge in [-0.2, -0.15) is 0 Å². The SMILES string of the molecule is Cn1cc(Cl)cc1C(=O)N1CC2CC2(C)C1. The van der Waals surface area contributed by atoms with Crippen LogP contribution in [-0.4, -0.2) is 28.5 Å². The summed E-state index contributed by atoms with van der Waals surface area (Å²) in [7, 11) is 1.86. The number of hydrogen-bond acceptors (Lipinski definition) is 1. The summed E-state index contributed by atoms with van der Waals surface area (Å²) in [5.41, 5.74) is 1.10. The molecule has 0 bridgehead atoms. The highest BCUT2D eigenvalue weighted by atomic mass is 35.5. The van der Waals surface area contributed by atoms with Gasteiger partial charge in [-0.1, -0.05) is 18.5 Å². The predicted octanol–water partition coefficient (Wildman–Crippen LogP) is 2.16. The smallest absolute Gasteiger partial charge is 0.270 e. The van der Waals surface area contributed by atoms with Gasteiger partial charge in [0, 0.05) is 26.3 Å². The molecule has 1 aromatic heterocycles. The zero-order chi connectivity index (χ0) is 11.5. The van der Waals surface area contributed by atoms with Crippen LogP contribution in [0.3, 0.4) is 0 Å². The van der Waals surface area contributed by atoms with Crippen molar-refractivity contribution in [1.29, 1.82) is 0 Å². The van der Waals surface area contributed by atoms with E-state index < -0.39 is 0 Å². The fraction of sp³-hybridized carbons (Fsp3) is 0.583. The number of aryl methyl sites for hydroxylation is 1. The molecule has 1 saturated heterocycles. The van der Waals surface area contributed by atoms with E-state index in [1.54, 1.807) is 16.8 Å². The molecule has 0 radical (unpaired) electrons. The molecule has 2 atom stereocenters. The third-order valence-corrected chi connectivity index (χ3v) is 4.22. The maximum atomic E-state index is 12.2. The van der Waals surface area contributed by atoms with Crippen LogP contribution in [0.5, 0.6) is 0 Å². The van der Waals surface area contributed by atoms with Crippen LogP contribution in [0.15, 0.2) is 12.3 Å². The second kappa shape index (κ2) is 3.04. The fourth-order valence-electron chi connectivity index (χ4n) is 2.80. The van der Waals surface area contributed by atoms with Gasteiger partial charge >= 0.3 is 0 Å². The minimum Gasteiger partial charge on any atom is -0.345 e. The van der Waals surface area contributed by atoms with Gasteiger partial charge in [-0.15, -0.1) is 0 Å². The molecule has 86 valence electrons. The Morgan fingerprint density at radius 1 is 1.62 bits per heavy atom. The standard InChI is InChI=1S/C12H15ClN2O/c1-12-4-8(12)5-15(7-12)11(16)10-3-9(13)6-14(10)2/h3,6,8H,4-5,7H2,1-2H3.